The lowest BCUT2D eigenvalue weighted by Crippen LogP contribution is -2.22. The number of carbonyl (C=O) groups is 1. The maximum absolute atomic E-state index is 12.1. The first-order chi connectivity index (χ1) is 11.7. The number of fused-ring (bicyclic) bond motifs is 1. The molecule has 0 bridgehead atoms. The van der Waals surface area contributed by atoms with Gasteiger partial charge < -0.3 is 14.6 Å². The molecule has 2 rings (SSSR count). The zero-order valence-electron chi connectivity index (χ0n) is 16.2. The van der Waals surface area contributed by atoms with Crippen LogP contribution in [0.1, 0.15) is 66.2 Å². The Morgan fingerprint density at radius 2 is 2.04 bits per heavy atom. The Labute approximate surface area is 151 Å². The fourth-order valence-corrected chi connectivity index (χ4v) is 3.37. The van der Waals surface area contributed by atoms with Crippen molar-refractivity contribution in [2.45, 2.75) is 83.5 Å². The smallest absolute Gasteiger partial charge is 0.333 e. The average molecular weight is 348 g/mol. The van der Waals surface area contributed by atoms with E-state index in [0.29, 0.717) is 24.5 Å². The normalized spacial score (nSPS) is 28.7. The topological polar surface area (TPSA) is 59.1 Å². The number of allylic oxidation sites excluding steroid dienone is 4. The van der Waals surface area contributed by atoms with Gasteiger partial charge >= 0.3 is 5.97 Å². The Morgan fingerprint density at radius 3 is 2.68 bits per heavy atom. The molecule has 4 heteroatoms. The highest BCUT2D eigenvalue weighted by Crippen LogP contribution is 2.43. The molecule has 25 heavy (non-hydrogen) atoms. The van der Waals surface area contributed by atoms with Gasteiger partial charge in [0.15, 0.2) is 0 Å². The minimum atomic E-state index is -0.909. The van der Waals surface area contributed by atoms with Gasteiger partial charge in [-0.1, -0.05) is 23.8 Å². The van der Waals surface area contributed by atoms with Gasteiger partial charge in [-0.15, -0.1) is 0 Å². The van der Waals surface area contributed by atoms with E-state index in [2.05, 4.69) is 19.9 Å². The van der Waals surface area contributed by atoms with E-state index < -0.39 is 5.60 Å². The van der Waals surface area contributed by atoms with Crippen LogP contribution < -0.4 is 0 Å². The Hall–Kier alpha value is -1.39. The van der Waals surface area contributed by atoms with E-state index in [9.17, 15) is 9.90 Å². The highest BCUT2D eigenvalue weighted by molar-refractivity contribution is 5.88. The van der Waals surface area contributed by atoms with E-state index in [1.54, 1.807) is 13.8 Å². The molecule has 0 aromatic carbocycles. The zero-order chi connectivity index (χ0) is 18.7. The van der Waals surface area contributed by atoms with Crippen molar-refractivity contribution in [3.05, 3.63) is 34.9 Å². The first kappa shape index (κ1) is 19.9. The number of esters is 1. The van der Waals surface area contributed by atoms with Crippen LogP contribution in [0.25, 0.3) is 0 Å². The van der Waals surface area contributed by atoms with Crippen molar-refractivity contribution >= 4 is 5.97 Å². The van der Waals surface area contributed by atoms with Crippen LogP contribution in [0.15, 0.2) is 34.9 Å². The van der Waals surface area contributed by atoms with E-state index >= 15 is 0 Å². The predicted molar refractivity (Wildman–Crippen MR) is 99.2 cm³/mol. The fourth-order valence-electron chi connectivity index (χ4n) is 3.37. The van der Waals surface area contributed by atoms with Gasteiger partial charge in [0, 0.05) is 5.57 Å². The number of epoxide rings is 1. The highest BCUT2D eigenvalue weighted by atomic mass is 16.6. The first-order valence-corrected chi connectivity index (χ1v) is 9.20. The fraction of sp³-hybridized carbons (Fsp3) is 0.667. The van der Waals surface area contributed by atoms with Crippen LogP contribution in [0.4, 0.5) is 0 Å². The third-order valence-electron chi connectivity index (χ3n) is 5.33. The molecule has 1 N–H and O–H groups in total. The molecular weight excluding hydrogens is 316 g/mol. The van der Waals surface area contributed by atoms with Crippen molar-refractivity contribution < 1.29 is 19.4 Å². The van der Waals surface area contributed by atoms with E-state index in [0.717, 1.165) is 31.3 Å². The number of aliphatic hydroxyl groups is 1. The standard InChI is InChI=1S/C21H32O4/c1-15-8-11-17(20(2,3)23)12-10-16(19(22)24-5)7-6-14-21(4)18(25-21)13-9-15/h7-8,11,18,23H,6,9-10,12-14H2,1-5H3/t18-,21-/m0/s1. The summed E-state index contributed by atoms with van der Waals surface area (Å²) >= 11 is 0. The van der Waals surface area contributed by atoms with Crippen molar-refractivity contribution in [2.24, 2.45) is 0 Å². The summed E-state index contributed by atoms with van der Waals surface area (Å²) in [6.07, 6.45) is 11.3. The van der Waals surface area contributed by atoms with Gasteiger partial charge in [-0.2, -0.15) is 0 Å². The molecule has 1 aliphatic carbocycles. The molecular formula is C21H32O4. The van der Waals surface area contributed by atoms with Gasteiger partial charge in [-0.05, 0) is 71.8 Å². The molecule has 1 fully saturated rings. The Balaban J connectivity index is 2.26. The van der Waals surface area contributed by atoms with Gasteiger partial charge in [-0.3, -0.25) is 0 Å². The summed E-state index contributed by atoms with van der Waals surface area (Å²) in [6.45, 7) is 7.84. The monoisotopic (exact) mass is 348 g/mol. The third kappa shape index (κ3) is 5.55. The van der Waals surface area contributed by atoms with Gasteiger partial charge in [-0.25, -0.2) is 4.79 Å². The summed E-state index contributed by atoms with van der Waals surface area (Å²) in [6, 6.07) is 0. The van der Waals surface area contributed by atoms with E-state index in [1.807, 2.05) is 12.2 Å². The van der Waals surface area contributed by atoms with Crippen molar-refractivity contribution in [3.63, 3.8) is 0 Å². The largest absolute Gasteiger partial charge is 0.466 e. The van der Waals surface area contributed by atoms with Crippen molar-refractivity contribution in [1.29, 1.82) is 0 Å². The van der Waals surface area contributed by atoms with Crippen LogP contribution in [0.5, 0.6) is 0 Å². The number of hydrogen-bond acceptors (Lipinski definition) is 4. The van der Waals surface area contributed by atoms with Crippen molar-refractivity contribution in [2.75, 3.05) is 7.11 Å². The minimum absolute atomic E-state index is 0.0593. The van der Waals surface area contributed by atoms with Crippen LogP contribution >= 0.6 is 0 Å². The van der Waals surface area contributed by atoms with Crippen LogP contribution in [0.2, 0.25) is 0 Å². The lowest BCUT2D eigenvalue weighted by Gasteiger charge is -2.22. The SMILES string of the molecule is COC(=O)C1=CCC[C@]2(C)O[C@H]2CCC(C)=CC=C(C(C)(C)O)CC1. The second-order valence-electron chi connectivity index (χ2n) is 7.98. The predicted octanol–water partition coefficient (Wildman–Crippen LogP) is 4.24. The quantitative estimate of drug-likeness (QED) is 0.599. The van der Waals surface area contributed by atoms with Crippen molar-refractivity contribution in [3.8, 4) is 0 Å². The molecule has 0 radical (unpaired) electrons. The summed E-state index contributed by atoms with van der Waals surface area (Å²) in [5.74, 6) is -0.285. The lowest BCUT2D eigenvalue weighted by atomic mass is 9.90. The molecule has 4 nitrogen and oxygen atoms in total. The molecule has 1 saturated heterocycles. The van der Waals surface area contributed by atoms with E-state index in [4.69, 9.17) is 9.47 Å². The van der Waals surface area contributed by atoms with E-state index in [-0.39, 0.29) is 11.6 Å². The first-order valence-electron chi connectivity index (χ1n) is 9.20. The molecule has 1 heterocycles. The summed E-state index contributed by atoms with van der Waals surface area (Å²) in [5, 5.41) is 10.4. The zero-order valence-corrected chi connectivity index (χ0v) is 16.2. The van der Waals surface area contributed by atoms with Gasteiger partial charge in [0.05, 0.1) is 24.4 Å². The summed E-state index contributed by atoms with van der Waals surface area (Å²) in [7, 11) is 1.41. The van der Waals surface area contributed by atoms with Gasteiger partial charge in [0.1, 0.15) is 0 Å². The molecule has 0 aromatic heterocycles. The molecule has 0 unspecified atom stereocenters. The number of rotatable bonds is 2. The molecule has 0 aromatic rings. The molecule has 0 spiro atoms. The Kier molecular flexibility index (Phi) is 6.28. The molecule has 0 saturated carbocycles. The van der Waals surface area contributed by atoms with Crippen molar-refractivity contribution in [1.82, 2.24) is 0 Å². The maximum atomic E-state index is 12.1. The number of carbonyl (C=O) groups excluding carboxylic acids is 1. The molecule has 2 aliphatic rings. The lowest BCUT2D eigenvalue weighted by molar-refractivity contribution is -0.136. The van der Waals surface area contributed by atoms with Gasteiger partial charge in [0.2, 0.25) is 0 Å². The highest BCUT2D eigenvalue weighted by Gasteiger charge is 2.50. The van der Waals surface area contributed by atoms with Gasteiger partial charge in [0.25, 0.3) is 0 Å². The third-order valence-corrected chi connectivity index (χ3v) is 5.33. The average Bonchev–Trinajstić information content (AvgIpc) is 3.18. The molecule has 2 atom stereocenters. The van der Waals surface area contributed by atoms with E-state index in [1.165, 1.54) is 12.7 Å². The van der Waals surface area contributed by atoms with Crippen LogP contribution in [-0.2, 0) is 14.3 Å². The summed E-state index contributed by atoms with van der Waals surface area (Å²) in [4.78, 5) is 12.1. The second kappa shape index (κ2) is 7.88. The molecule has 1 aliphatic heterocycles. The molecule has 140 valence electrons. The van der Waals surface area contributed by atoms with Crippen LogP contribution in [0, 0.1) is 0 Å². The Morgan fingerprint density at radius 1 is 1.32 bits per heavy atom. The summed E-state index contributed by atoms with van der Waals surface area (Å²) in [5.41, 5.74) is 1.91. The summed E-state index contributed by atoms with van der Waals surface area (Å²) < 4.78 is 10.8. The Bertz CT molecular complexity index is 592. The van der Waals surface area contributed by atoms with Crippen LogP contribution in [0.3, 0.4) is 0 Å². The number of hydrogen-bond donors (Lipinski definition) is 1. The maximum Gasteiger partial charge on any atom is 0.333 e. The second-order valence-corrected chi connectivity index (χ2v) is 7.98. The number of methoxy groups -OCH3 is 1. The minimum Gasteiger partial charge on any atom is -0.466 e. The number of ether oxygens (including phenoxy) is 2. The van der Waals surface area contributed by atoms with Crippen LogP contribution in [-0.4, -0.2) is 35.5 Å². The molecule has 0 amide bonds.